The lowest BCUT2D eigenvalue weighted by Gasteiger charge is -2.10. The first-order chi connectivity index (χ1) is 9.58. The van der Waals surface area contributed by atoms with Gasteiger partial charge in [-0.15, -0.1) is 11.6 Å². The third-order valence-electron chi connectivity index (χ3n) is 3.24. The second kappa shape index (κ2) is 6.59. The molecule has 0 unspecified atom stereocenters. The average Bonchev–Trinajstić information content (AvgIpc) is 2.89. The van der Waals surface area contributed by atoms with Crippen LogP contribution in [-0.2, 0) is 30.6 Å². The number of hydrogen-bond donors (Lipinski definition) is 0. The van der Waals surface area contributed by atoms with Gasteiger partial charge in [0.2, 0.25) is 0 Å². The molecule has 5 nitrogen and oxygen atoms in total. The molecule has 2 aromatic rings. The minimum atomic E-state index is 0.232. The van der Waals surface area contributed by atoms with Crippen molar-refractivity contribution in [3.63, 3.8) is 0 Å². The van der Waals surface area contributed by atoms with Crippen molar-refractivity contribution in [3.8, 4) is 0 Å². The Labute approximate surface area is 124 Å². The lowest BCUT2D eigenvalue weighted by molar-refractivity contribution is 0.0728. The number of imidazole rings is 1. The van der Waals surface area contributed by atoms with Crippen LogP contribution in [0.2, 0.25) is 0 Å². The van der Waals surface area contributed by atoms with Crippen molar-refractivity contribution < 1.29 is 4.74 Å². The molecule has 0 fully saturated rings. The third-order valence-corrected chi connectivity index (χ3v) is 3.48. The molecular weight excluding hydrogens is 276 g/mol. The van der Waals surface area contributed by atoms with Crippen LogP contribution in [0.15, 0.2) is 0 Å². The maximum atomic E-state index is 6.03. The number of halogens is 1. The zero-order valence-corrected chi connectivity index (χ0v) is 13.4. The minimum absolute atomic E-state index is 0.232. The highest BCUT2D eigenvalue weighted by Gasteiger charge is 2.18. The summed E-state index contributed by atoms with van der Waals surface area (Å²) in [6.45, 7) is 7.63. The maximum absolute atomic E-state index is 6.03. The van der Waals surface area contributed by atoms with Crippen molar-refractivity contribution in [1.82, 2.24) is 19.3 Å². The summed E-state index contributed by atoms with van der Waals surface area (Å²) in [7, 11) is 1.96. The van der Waals surface area contributed by atoms with E-state index in [1.165, 1.54) is 0 Å². The lowest BCUT2D eigenvalue weighted by atomic mass is 10.2. The Balaban J connectivity index is 2.35. The number of hydrogen-bond acceptors (Lipinski definition) is 3. The molecule has 112 valence electrons. The van der Waals surface area contributed by atoms with Crippen molar-refractivity contribution in [3.05, 3.63) is 11.5 Å². The van der Waals surface area contributed by atoms with Crippen molar-refractivity contribution in [2.24, 2.45) is 7.05 Å². The van der Waals surface area contributed by atoms with Crippen LogP contribution >= 0.6 is 11.6 Å². The first-order valence-electron chi connectivity index (χ1n) is 7.17. The van der Waals surface area contributed by atoms with Crippen LogP contribution in [0.4, 0.5) is 0 Å². The number of aryl methyl sites for hydroxylation is 2. The Hall–Kier alpha value is -1.07. The largest absolute Gasteiger partial charge is 0.377 e. The SMILES string of the molecule is CCCc1nn(C)c2c1nc(CCl)n2CCOC(C)C. The molecule has 0 saturated carbocycles. The van der Waals surface area contributed by atoms with E-state index < -0.39 is 0 Å². The van der Waals surface area contributed by atoms with E-state index in [0.717, 1.165) is 42.1 Å². The predicted molar refractivity (Wildman–Crippen MR) is 81.1 cm³/mol. The molecule has 0 aliphatic carbocycles. The monoisotopic (exact) mass is 298 g/mol. The number of alkyl halides is 1. The molecule has 0 saturated heterocycles. The van der Waals surface area contributed by atoms with Crippen LogP contribution in [-0.4, -0.2) is 32.0 Å². The van der Waals surface area contributed by atoms with E-state index in [0.29, 0.717) is 12.5 Å². The molecule has 0 atom stereocenters. The van der Waals surface area contributed by atoms with Gasteiger partial charge in [0.15, 0.2) is 5.65 Å². The van der Waals surface area contributed by atoms with Crippen molar-refractivity contribution >= 4 is 22.8 Å². The summed E-state index contributed by atoms with van der Waals surface area (Å²) < 4.78 is 9.66. The second-order valence-electron chi connectivity index (χ2n) is 5.23. The van der Waals surface area contributed by atoms with Gasteiger partial charge in [-0.25, -0.2) is 4.98 Å². The van der Waals surface area contributed by atoms with Gasteiger partial charge in [0.1, 0.15) is 11.3 Å². The fraction of sp³-hybridized carbons (Fsp3) is 0.714. The summed E-state index contributed by atoms with van der Waals surface area (Å²) in [6.07, 6.45) is 2.24. The highest BCUT2D eigenvalue weighted by Crippen LogP contribution is 2.21. The van der Waals surface area contributed by atoms with Crippen LogP contribution < -0.4 is 0 Å². The molecule has 0 aliphatic rings. The van der Waals surface area contributed by atoms with Crippen LogP contribution in [0, 0.1) is 0 Å². The summed E-state index contributed by atoms with van der Waals surface area (Å²) in [5, 5.41) is 4.57. The molecule has 2 rings (SSSR count). The summed E-state index contributed by atoms with van der Waals surface area (Å²) in [5.74, 6) is 1.29. The van der Waals surface area contributed by atoms with Gasteiger partial charge in [-0.2, -0.15) is 5.10 Å². The van der Waals surface area contributed by atoms with E-state index in [1.54, 1.807) is 0 Å². The Kier molecular flexibility index (Phi) is 5.05. The Morgan fingerprint density at radius 1 is 1.35 bits per heavy atom. The van der Waals surface area contributed by atoms with E-state index in [2.05, 4.69) is 21.6 Å². The van der Waals surface area contributed by atoms with Gasteiger partial charge >= 0.3 is 0 Å². The van der Waals surface area contributed by atoms with Gasteiger partial charge < -0.3 is 9.30 Å². The Bertz CT molecular complexity index is 573. The molecule has 2 aromatic heterocycles. The van der Waals surface area contributed by atoms with Gasteiger partial charge in [-0.05, 0) is 20.3 Å². The minimum Gasteiger partial charge on any atom is -0.377 e. The van der Waals surface area contributed by atoms with Crippen LogP contribution in [0.5, 0.6) is 0 Å². The molecule has 6 heteroatoms. The molecule has 2 heterocycles. The summed E-state index contributed by atoms with van der Waals surface area (Å²) in [4.78, 5) is 4.66. The van der Waals surface area contributed by atoms with Gasteiger partial charge in [-0.3, -0.25) is 4.68 Å². The fourth-order valence-corrected chi connectivity index (χ4v) is 2.61. The number of ether oxygens (including phenoxy) is 1. The van der Waals surface area contributed by atoms with Gasteiger partial charge in [0, 0.05) is 13.6 Å². The Morgan fingerprint density at radius 3 is 2.70 bits per heavy atom. The number of aromatic nitrogens is 4. The number of rotatable bonds is 7. The summed E-state index contributed by atoms with van der Waals surface area (Å²) >= 11 is 6.03. The normalized spacial score (nSPS) is 11.9. The molecule has 0 bridgehead atoms. The van der Waals surface area contributed by atoms with Crippen molar-refractivity contribution in [2.75, 3.05) is 6.61 Å². The number of nitrogens with zero attached hydrogens (tertiary/aromatic N) is 4. The molecule has 0 aromatic carbocycles. The van der Waals surface area contributed by atoms with E-state index in [9.17, 15) is 0 Å². The molecule has 0 radical (unpaired) electrons. The molecule has 0 spiro atoms. The topological polar surface area (TPSA) is 44.9 Å². The summed E-state index contributed by atoms with van der Waals surface area (Å²) in [6, 6.07) is 0. The van der Waals surface area contributed by atoms with Gasteiger partial charge in [0.05, 0.1) is 24.3 Å². The predicted octanol–water partition coefficient (Wildman–Crippen LogP) is 2.89. The highest BCUT2D eigenvalue weighted by atomic mass is 35.5. The zero-order chi connectivity index (χ0) is 14.7. The van der Waals surface area contributed by atoms with Crippen LogP contribution in [0.1, 0.15) is 38.7 Å². The average molecular weight is 299 g/mol. The standard InChI is InChI=1S/C14H23ClN4O/c1-5-6-11-13-14(18(4)17-11)19(12(9-15)16-13)7-8-20-10(2)3/h10H,5-9H2,1-4H3. The van der Waals surface area contributed by atoms with E-state index in [1.807, 2.05) is 25.6 Å². The highest BCUT2D eigenvalue weighted by molar-refractivity contribution is 6.16. The fourth-order valence-electron chi connectivity index (χ4n) is 2.41. The maximum Gasteiger partial charge on any atom is 0.158 e. The van der Waals surface area contributed by atoms with E-state index in [-0.39, 0.29) is 6.10 Å². The van der Waals surface area contributed by atoms with Crippen LogP contribution in [0.3, 0.4) is 0 Å². The first-order valence-corrected chi connectivity index (χ1v) is 7.70. The van der Waals surface area contributed by atoms with E-state index in [4.69, 9.17) is 16.3 Å². The number of fused-ring (bicyclic) bond motifs is 1. The molecule has 0 aliphatic heterocycles. The molecule has 0 N–H and O–H groups in total. The zero-order valence-electron chi connectivity index (χ0n) is 12.7. The lowest BCUT2D eigenvalue weighted by Crippen LogP contribution is -2.13. The quantitative estimate of drug-likeness (QED) is 0.738. The van der Waals surface area contributed by atoms with Crippen LogP contribution in [0.25, 0.3) is 11.2 Å². The van der Waals surface area contributed by atoms with Gasteiger partial charge in [0.25, 0.3) is 0 Å². The van der Waals surface area contributed by atoms with Crippen molar-refractivity contribution in [2.45, 2.75) is 52.1 Å². The molecule has 0 amide bonds. The first kappa shape index (κ1) is 15.3. The molecule has 20 heavy (non-hydrogen) atoms. The molecular formula is C14H23ClN4O. The smallest absolute Gasteiger partial charge is 0.158 e. The van der Waals surface area contributed by atoms with Crippen molar-refractivity contribution in [1.29, 1.82) is 0 Å². The van der Waals surface area contributed by atoms with Gasteiger partial charge in [-0.1, -0.05) is 13.3 Å². The second-order valence-corrected chi connectivity index (χ2v) is 5.49. The van der Waals surface area contributed by atoms with E-state index >= 15 is 0 Å². The Morgan fingerprint density at radius 2 is 2.10 bits per heavy atom. The summed E-state index contributed by atoms with van der Waals surface area (Å²) in [5.41, 5.74) is 3.07. The third kappa shape index (κ3) is 2.99.